The number of likely N-dealkylation sites (N-methyl/N-ethyl adjacent to an activating group) is 1. The van der Waals surface area contributed by atoms with E-state index in [0.29, 0.717) is 19.4 Å². The number of nitrogens with one attached hydrogen (secondary N) is 2. The molecule has 140 valence electrons. The number of hydrogen-bond acceptors (Lipinski definition) is 3. The van der Waals surface area contributed by atoms with Crippen LogP contribution in [0.1, 0.15) is 12.0 Å². The van der Waals surface area contributed by atoms with Crippen LogP contribution in [0.2, 0.25) is 0 Å². The van der Waals surface area contributed by atoms with Crippen LogP contribution in [0.5, 0.6) is 0 Å². The number of halogens is 1. The second kappa shape index (κ2) is 11.3. The van der Waals surface area contributed by atoms with Gasteiger partial charge in [0.2, 0.25) is 11.8 Å². The molecule has 2 aromatic rings. The topological polar surface area (TPSA) is 61.4 Å². The molecule has 6 heteroatoms. The molecule has 0 saturated carbocycles. The summed E-state index contributed by atoms with van der Waals surface area (Å²) in [6.07, 6.45) is 0.798. The van der Waals surface area contributed by atoms with Gasteiger partial charge >= 0.3 is 0 Å². The van der Waals surface area contributed by atoms with Crippen molar-refractivity contribution in [3.8, 4) is 0 Å². The zero-order valence-electron chi connectivity index (χ0n) is 15.1. The van der Waals surface area contributed by atoms with E-state index in [9.17, 15) is 9.59 Å². The average Bonchev–Trinajstić information content (AvgIpc) is 2.66. The maximum absolute atomic E-state index is 13.0. The van der Waals surface area contributed by atoms with Crippen LogP contribution in [-0.4, -0.2) is 38.5 Å². The van der Waals surface area contributed by atoms with Crippen LogP contribution < -0.4 is 15.5 Å². The molecule has 2 rings (SSSR count). The highest BCUT2D eigenvalue weighted by molar-refractivity contribution is 5.99. The summed E-state index contributed by atoms with van der Waals surface area (Å²) in [5.41, 5.74) is 1.81. The summed E-state index contributed by atoms with van der Waals surface area (Å²) in [5.74, 6) is -0.266. The summed E-state index contributed by atoms with van der Waals surface area (Å²) in [5, 5.41) is 5.82. The SMILES string of the molecule is CNCCC(=O)N[C@@H](Cc1ccccc1)C(=O)N(C)c1ccccc1.Cl. The van der Waals surface area contributed by atoms with E-state index in [4.69, 9.17) is 0 Å². The second-order valence-electron chi connectivity index (χ2n) is 5.90. The molecule has 5 nitrogen and oxygen atoms in total. The van der Waals surface area contributed by atoms with Gasteiger partial charge in [0.05, 0.1) is 0 Å². The predicted molar refractivity (Wildman–Crippen MR) is 108 cm³/mol. The lowest BCUT2D eigenvalue weighted by atomic mass is 10.0. The average molecular weight is 376 g/mol. The first kappa shape index (κ1) is 21.7. The largest absolute Gasteiger partial charge is 0.344 e. The van der Waals surface area contributed by atoms with Crippen molar-refractivity contribution in [1.29, 1.82) is 0 Å². The molecular formula is C20H26ClN3O2. The van der Waals surface area contributed by atoms with Crippen molar-refractivity contribution >= 4 is 29.9 Å². The monoisotopic (exact) mass is 375 g/mol. The molecular weight excluding hydrogens is 350 g/mol. The third kappa shape index (κ3) is 6.50. The second-order valence-corrected chi connectivity index (χ2v) is 5.90. The van der Waals surface area contributed by atoms with Gasteiger partial charge in [0.1, 0.15) is 6.04 Å². The van der Waals surface area contributed by atoms with E-state index < -0.39 is 6.04 Å². The predicted octanol–water partition coefficient (Wildman–Crippen LogP) is 2.41. The standard InChI is InChI=1S/C20H25N3O2.ClH/c1-21-14-13-19(24)22-18(15-16-9-5-3-6-10-16)20(25)23(2)17-11-7-4-8-12-17;/h3-12,18,21H,13-15H2,1-2H3,(H,22,24);1H/t18-;/m0./s1. The molecule has 0 unspecified atom stereocenters. The Morgan fingerprint density at radius 1 is 1.00 bits per heavy atom. The maximum atomic E-state index is 13.0. The number of carbonyl (C=O) groups is 2. The Morgan fingerprint density at radius 2 is 1.58 bits per heavy atom. The molecule has 0 aliphatic carbocycles. The molecule has 0 aliphatic heterocycles. The van der Waals surface area contributed by atoms with Crippen molar-refractivity contribution in [2.24, 2.45) is 0 Å². The Balaban J connectivity index is 0.00000338. The Kier molecular flexibility index (Phi) is 9.41. The quantitative estimate of drug-likeness (QED) is 0.744. The molecule has 1 atom stereocenters. The van der Waals surface area contributed by atoms with E-state index in [-0.39, 0.29) is 24.2 Å². The van der Waals surface area contributed by atoms with Crippen molar-refractivity contribution in [1.82, 2.24) is 10.6 Å². The van der Waals surface area contributed by atoms with Crippen molar-refractivity contribution in [3.05, 3.63) is 66.2 Å². The van der Waals surface area contributed by atoms with Gasteiger partial charge < -0.3 is 15.5 Å². The normalized spacial score (nSPS) is 11.2. The Bertz CT molecular complexity index is 680. The third-order valence-corrected chi connectivity index (χ3v) is 3.99. The molecule has 0 saturated heterocycles. The summed E-state index contributed by atoms with van der Waals surface area (Å²) in [4.78, 5) is 26.7. The third-order valence-electron chi connectivity index (χ3n) is 3.99. The number of hydrogen-bond donors (Lipinski definition) is 2. The molecule has 0 bridgehead atoms. The summed E-state index contributed by atoms with van der Waals surface area (Å²) in [6, 6.07) is 18.5. The van der Waals surface area contributed by atoms with Crippen molar-refractivity contribution < 1.29 is 9.59 Å². The molecule has 0 spiro atoms. The highest BCUT2D eigenvalue weighted by Crippen LogP contribution is 2.14. The van der Waals surface area contributed by atoms with Crippen LogP contribution in [0, 0.1) is 0 Å². The van der Waals surface area contributed by atoms with Crippen LogP contribution in [-0.2, 0) is 16.0 Å². The van der Waals surface area contributed by atoms with E-state index >= 15 is 0 Å². The fraction of sp³-hybridized carbons (Fsp3) is 0.300. The van der Waals surface area contributed by atoms with Crippen molar-refractivity contribution in [2.45, 2.75) is 18.9 Å². The van der Waals surface area contributed by atoms with E-state index in [2.05, 4.69) is 10.6 Å². The first-order valence-corrected chi connectivity index (χ1v) is 8.42. The van der Waals surface area contributed by atoms with E-state index in [1.807, 2.05) is 60.7 Å². The number of nitrogens with zero attached hydrogens (tertiary/aromatic N) is 1. The van der Waals surface area contributed by atoms with Crippen molar-refractivity contribution in [2.75, 3.05) is 25.5 Å². The van der Waals surface area contributed by atoms with Gasteiger partial charge in [0.25, 0.3) is 0 Å². The van der Waals surface area contributed by atoms with Crippen LogP contribution in [0.4, 0.5) is 5.69 Å². The van der Waals surface area contributed by atoms with E-state index in [0.717, 1.165) is 11.3 Å². The van der Waals surface area contributed by atoms with Gasteiger partial charge in [-0.2, -0.15) is 0 Å². The smallest absolute Gasteiger partial charge is 0.249 e. The summed E-state index contributed by atoms with van der Waals surface area (Å²) < 4.78 is 0. The number of carbonyl (C=O) groups excluding carboxylic acids is 2. The lowest BCUT2D eigenvalue weighted by molar-refractivity contribution is -0.127. The van der Waals surface area contributed by atoms with Gasteiger partial charge in [-0.25, -0.2) is 0 Å². The van der Waals surface area contributed by atoms with Gasteiger partial charge in [0.15, 0.2) is 0 Å². The number of anilines is 1. The molecule has 0 aromatic heterocycles. The minimum atomic E-state index is -0.600. The summed E-state index contributed by atoms with van der Waals surface area (Å²) in [6.45, 7) is 0.576. The van der Waals surface area contributed by atoms with Gasteiger partial charge in [0, 0.05) is 32.1 Å². The Hall–Kier alpha value is -2.37. The number of para-hydroxylation sites is 1. The molecule has 26 heavy (non-hydrogen) atoms. The summed E-state index contributed by atoms with van der Waals surface area (Å²) in [7, 11) is 3.53. The molecule has 0 heterocycles. The minimum Gasteiger partial charge on any atom is -0.344 e. The lowest BCUT2D eigenvalue weighted by Gasteiger charge is -2.25. The van der Waals surface area contributed by atoms with Gasteiger partial charge in [-0.05, 0) is 24.7 Å². The number of amides is 2. The summed E-state index contributed by atoms with van der Waals surface area (Å²) >= 11 is 0. The Morgan fingerprint density at radius 3 is 2.15 bits per heavy atom. The fourth-order valence-electron chi connectivity index (χ4n) is 2.57. The van der Waals surface area contributed by atoms with Gasteiger partial charge in [-0.15, -0.1) is 12.4 Å². The number of benzene rings is 2. The lowest BCUT2D eigenvalue weighted by Crippen LogP contribution is -2.49. The highest BCUT2D eigenvalue weighted by Gasteiger charge is 2.25. The fourth-order valence-corrected chi connectivity index (χ4v) is 2.57. The zero-order chi connectivity index (χ0) is 18.1. The number of rotatable bonds is 8. The van der Waals surface area contributed by atoms with Crippen LogP contribution >= 0.6 is 12.4 Å². The van der Waals surface area contributed by atoms with Gasteiger partial charge in [-0.3, -0.25) is 9.59 Å². The first-order chi connectivity index (χ1) is 12.1. The minimum absolute atomic E-state index is 0. The zero-order valence-corrected chi connectivity index (χ0v) is 16.0. The van der Waals surface area contributed by atoms with E-state index in [1.54, 1.807) is 19.0 Å². The Labute approximate surface area is 161 Å². The molecule has 2 aromatic carbocycles. The van der Waals surface area contributed by atoms with Crippen LogP contribution in [0.25, 0.3) is 0 Å². The molecule has 0 radical (unpaired) electrons. The van der Waals surface area contributed by atoms with E-state index in [1.165, 1.54) is 0 Å². The van der Waals surface area contributed by atoms with Crippen molar-refractivity contribution in [3.63, 3.8) is 0 Å². The molecule has 0 fully saturated rings. The maximum Gasteiger partial charge on any atom is 0.249 e. The van der Waals surface area contributed by atoms with Crippen LogP contribution in [0.3, 0.4) is 0 Å². The van der Waals surface area contributed by atoms with Gasteiger partial charge in [-0.1, -0.05) is 48.5 Å². The molecule has 2 amide bonds. The first-order valence-electron chi connectivity index (χ1n) is 8.42. The van der Waals surface area contributed by atoms with Crippen LogP contribution in [0.15, 0.2) is 60.7 Å². The molecule has 2 N–H and O–H groups in total. The molecule has 0 aliphatic rings. The highest BCUT2D eigenvalue weighted by atomic mass is 35.5.